The van der Waals surface area contributed by atoms with E-state index >= 15 is 0 Å². The summed E-state index contributed by atoms with van der Waals surface area (Å²) in [6.07, 6.45) is 1.76. The average molecular weight is 464 g/mol. The second-order valence-electron chi connectivity index (χ2n) is 7.68. The number of hydrogen-bond acceptors (Lipinski definition) is 6. The molecule has 1 fully saturated rings. The molecule has 34 heavy (non-hydrogen) atoms. The van der Waals surface area contributed by atoms with Gasteiger partial charge in [-0.3, -0.25) is 9.59 Å². The lowest BCUT2D eigenvalue weighted by Crippen LogP contribution is -2.49. The van der Waals surface area contributed by atoms with Gasteiger partial charge in [0.1, 0.15) is 11.6 Å². The van der Waals surface area contributed by atoms with Crippen molar-refractivity contribution in [2.24, 2.45) is 0 Å². The first-order chi connectivity index (χ1) is 16.5. The molecule has 9 heteroatoms. The van der Waals surface area contributed by atoms with E-state index in [4.69, 9.17) is 9.47 Å². The highest BCUT2D eigenvalue weighted by molar-refractivity contribution is 5.95. The SMILES string of the molecule is COc1cc(C(=O)N2CCN(c3ccccn3)CC2)ccc1OCC(=O)Nc1ccc(F)cc1. The number of rotatable bonds is 7. The Hall–Kier alpha value is -4.14. The fraction of sp³-hybridized carbons (Fsp3) is 0.240. The molecule has 3 aromatic rings. The van der Waals surface area contributed by atoms with Gasteiger partial charge in [0, 0.05) is 43.6 Å². The lowest BCUT2D eigenvalue weighted by molar-refractivity contribution is -0.118. The number of halogens is 1. The summed E-state index contributed by atoms with van der Waals surface area (Å²) in [5.74, 6) is 0.713. The van der Waals surface area contributed by atoms with E-state index < -0.39 is 5.91 Å². The number of benzene rings is 2. The van der Waals surface area contributed by atoms with Gasteiger partial charge in [0.05, 0.1) is 7.11 Å². The van der Waals surface area contributed by atoms with Crippen LogP contribution in [0.4, 0.5) is 15.9 Å². The predicted octanol–water partition coefficient (Wildman–Crippen LogP) is 3.21. The molecule has 0 atom stereocenters. The number of amides is 2. The number of aromatic nitrogens is 1. The number of pyridine rings is 1. The second-order valence-corrected chi connectivity index (χ2v) is 7.68. The van der Waals surface area contributed by atoms with Gasteiger partial charge in [0.25, 0.3) is 11.8 Å². The molecule has 1 aromatic heterocycles. The first-order valence-corrected chi connectivity index (χ1v) is 10.8. The number of anilines is 2. The lowest BCUT2D eigenvalue weighted by Gasteiger charge is -2.35. The van der Waals surface area contributed by atoms with E-state index in [-0.39, 0.29) is 18.3 Å². The Morgan fingerprint density at radius 1 is 1.00 bits per heavy atom. The zero-order valence-electron chi connectivity index (χ0n) is 18.7. The van der Waals surface area contributed by atoms with Crippen molar-refractivity contribution in [3.05, 3.63) is 78.2 Å². The first-order valence-electron chi connectivity index (χ1n) is 10.8. The quantitative estimate of drug-likeness (QED) is 0.578. The van der Waals surface area contributed by atoms with Gasteiger partial charge in [-0.25, -0.2) is 9.37 Å². The van der Waals surface area contributed by atoms with E-state index in [0.717, 1.165) is 5.82 Å². The fourth-order valence-electron chi connectivity index (χ4n) is 3.66. The molecule has 0 unspecified atom stereocenters. The molecule has 0 spiro atoms. The molecular weight excluding hydrogens is 439 g/mol. The Bertz CT molecular complexity index is 1130. The van der Waals surface area contributed by atoms with Crippen LogP contribution in [0, 0.1) is 5.82 Å². The number of hydrogen-bond donors (Lipinski definition) is 1. The normalized spacial score (nSPS) is 13.4. The predicted molar refractivity (Wildman–Crippen MR) is 126 cm³/mol. The van der Waals surface area contributed by atoms with E-state index in [2.05, 4.69) is 15.2 Å². The summed E-state index contributed by atoms with van der Waals surface area (Å²) in [5.41, 5.74) is 0.942. The van der Waals surface area contributed by atoms with Crippen LogP contribution in [0.2, 0.25) is 0 Å². The van der Waals surface area contributed by atoms with Crippen LogP contribution >= 0.6 is 0 Å². The van der Waals surface area contributed by atoms with E-state index in [1.54, 1.807) is 29.3 Å². The topological polar surface area (TPSA) is 84.0 Å². The minimum absolute atomic E-state index is 0.0976. The minimum atomic E-state index is -0.403. The van der Waals surface area contributed by atoms with Gasteiger partial charge in [0.15, 0.2) is 18.1 Å². The van der Waals surface area contributed by atoms with Crippen molar-refractivity contribution in [1.82, 2.24) is 9.88 Å². The fourth-order valence-corrected chi connectivity index (χ4v) is 3.66. The van der Waals surface area contributed by atoms with Crippen LogP contribution in [0.5, 0.6) is 11.5 Å². The maximum Gasteiger partial charge on any atom is 0.262 e. The molecule has 4 rings (SSSR count). The van der Waals surface area contributed by atoms with Crippen LogP contribution in [0.1, 0.15) is 10.4 Å². The molecule has 8 nitrogen and oxygen atoms in total. The zero-order valence-corrected chi connectivity index (χ0v) is 18.7. The third kappa shape index (κ3) is 5.61. The third-order valence-electron chi connectivity index (χ3n) is 5.44. The molecule has 2 heterocycles. The highest BCUT2D eigenvalue weighted by Gasteiger charge is 2.23. The standard InChI is InChI=1S/C25H25FN4O4/c1-33-22-16-18(25(32)30-14-12-29(13-15-30)23-4-2-3-11-27-23)5-10-21(22)34-17-24(31)28-20-8-6-19(26)7-9-20/h2-11,16H,12-15,17H2,1H3,(H,28,31). The van der Waals surface area contributed by atoms with Gasteiger partial charge >= 0.3 is 0 Å². The van der Waals surface area contributed by atoms with Gasteiger partial charge in [-0.1, -0.05) is 6.07 Å². The largest absolute Gasteiger partial charge is 0.493 e. The number of nitrogens with one attached hydrogen (secondary N) is 1. The Morgan fingerprint density at radius 3 is 2.44 bits per heavy atom. The van der Waals surface area contributed by atoms with Crippen molar-refractivity contribution in [2.45, 2.75) is 0 Å². The first kappa shape index (κ1) is 23.0. The van der Waals surface area contributed by atoms with E-state index in [0.29, 0.717) is 48.9 Å². The second kappa shape index (κ2) is 10.7. The maximum atomic E-state index is 13.0. The van der Waals surface area contributed by atoms with Crippen LogP contribution in [0.25, 0.3) is 0 Å². The van der Waals surface area contributed by atoms with Gasteiger partial charge < -0.3 is 24.6 Å². The minimum Gasteiger partial charge on any atom is -0.493 e. The number of piperazine rings is 1. The molecule has 0 saturated carbocycles. The van der Waals surface area contributed by atoms with Crippen LogP contribution in [0.3, 0.4) is 0 Å². The van der Waals surface area contributed by atoms with E-state index in [1.807, 2.05) is 18.2 Å². The third-order valence-corrected chi connectivity index (χ3v) is 5.44. The Morgan fingerprint density at radius 2 is 1.76 bits per heavy atom. The average Bonchev–Trinajstić information content (AvgIpc) is 2.89. The smallest absolute Gasteiger partial charge is 0.262 e. The molecule has 2 aromatic carbocycles. The molecule has 1 N–H and O–H groups in total. The van der Waals surface area contributed by atoms with Crippen molar-refractivity contribution < 1.29 is 23.5 Å². The maximum absolute atomic E-state index is 13.0. The van der Waals surface area contributed by atoms with Crippen LogP contribution in [-0.2, 0) is 4.79 Å². The number of nitrogens with zero attached hydrogens (tertiary/aromatic N) is 3. The molecule has 0 aliphatic carbocycles. The summed E-state index contributed by atoms with van der Waals surface area (Å²) >= 11 is 0. The van der Waals surface area contributed by atoms with E-state index in [9.17, 15) is 14.0 Å². The molecule has 0 bridgehead atoms. The number of ether oxygens (including phenoxy) is 2. The number of methoxy groups -OCH3 is 1. The van der Waals surface area contributed by atoms with Crippen molar-refractivity contribution in [1.29, 1.82) is 0 Å². The van der Waals surface area contributed by atoms with Gasteiger partial charge in [-0.05, 0) is 54.6 Å². The molecular formula is C25H25FN4O4. The molecule has 2 amide bonds. The highest BCUT2D eigenvalue weighted by atomic mass is 19.1. The van der Waals surface area contributed by atoms with Gasteiger partial charge in [-0.2, -0.15) is 0 Å². The Labute approximate surface area is 196 Å². The van der Waals surface area contributed by atoms with Crippen molar-refractivity contribution in [3.63, 3.8) is 0 Å². The van der Waals surface area contributed by atoms with E-state index in [1.165, 1.54) is 31.4 Å². The van der Waals surface area contributed by atoms with Crippen LogP contribution in [0.15, 0.2) is 66.9 Å². The summed E-state index contributed by atoms with van der Waals surface area (Å²) in [6, 6.07) is 16.1. The van der Waals surface area contributed by atoms with Crippen LogP contribution < -0.4 is 19.7 Å². The molecule has 1 saturated heterocycles. The summed E-state index contributed by atoms with van der Waals surface area (Å²) in [6.45, 7) is 2.30. The van der Waals surface area contributed by atoms with Crippen molar-refractivity contribution in [3.8, 4) is 11.5 Å². The van der Waals surface area contributed by atoms with Gasteiger partial charge in [0.2, 0.25) is 0 Å². The van der Waals surface area contributed by atoms with Crippen molar-refractivity contribution in [2.75, 3.05) is 50.1 Å². The highest BCUT2D eigenvalue weighted by Crippen LogP contribution is 2.29. The summed E-state index contributed by atoms with van der Waals surface area (Å²) < 4.78 is 23.9. The molecule has 0 radical (unpaired) electrons. The van der Waals surface area contributed by atoms with Gasteiger partial charge in [-0.15, -0.1) is 0 Å². The number of carbonyl (C=O) groups is 2. The lowest BCUT2D eigenvalue weighted by atomic mass is 10.1. The molecule has 176 valence electrons. The summed E-state index contributed by atoms with van der Waals surface area (Å²) in [4.78, 5) is 33.5. The summed E-state index contributed by atoms with van der Waals surface area (Å²) in [7, 11) is 1.47. The Kier molecular flexibility index (Phi) is 7.22. The zero-order chi connectivity index (χ0) is 23.9. The molecule has 1 aliphatic rings. The number of carbonyl (C=O) groups excluding carboxylic acids is 2. The Balaban J connectivity index is 1.33. The molecule has 1 aliphatic heterocycles. The van der Waals surface area contributed by atoms with Crippen molar-refractivity contribution >= 4 is 23.3 Å². The summed E-state index contributed by atoms with van der Waals surface area (Å²) in [5, 5.41) is 2.62. The monoisotopic (exact) mass is 464 g/mol. The van der Waals surface area contributed by atoms with Crippen LogP contribution in [-0.4, -0.2) is 61.6 Å².